The summed E-state index contributed by atoms with van der Waals surface area (Å²) in [5.74, 6) is 0. The Kier molecular flexibility index (Phi) is 2.36. The van der Waals surface area contributed by atoms with Crippen molar-refractivity contribution in [1.29, 1.82) is 5.26 Å². The van der Waals surface area contributed by atoms with E-state index in [1.165, 1.54) is 18.5 Å². The van der Waals surface area contributed by atoms with Crippen LogP contribution in [0.2, 0.25) is 0 Å². The molecule has 2 aromatic rings. The summed E-state index contributed by atoms with van der Waals surface area (Å²) < 4.78 is 0. The molecule has 0 radical (unpaired) electrons. The number of aromatic nitrogens is 3. The molecule has 0 fully saturated rings. The van der Waals surface area contributed by atoms with Crippen LogP contribution in [-0.4, -0.2) is 20.1 Å². The molecule has 0 spiro atoms. The third kappa shape index (κ3) is 1.74. The van der Waals surface area contributed by atoms with Crippen LogP contribution in [0.3, 0.4) is 0 Å². The summed E-state index contributed by atoms with van der Waals surface area (Å²) in [6, 6.07) is 4.38. The van der Waals surface area contributed by atoms with Gasteiger partial charge in [0.2, 0.25) is 0 Å². The van der Waals surface area contributed by atoms with E-state index in [9.17, 15) is 4.79 Å². The molecular formula is C10H6N4O2. The highest BCUT2D eigenvalue weighted by molar-refractivity contribution is 5.59. The molecule has 2 aromatic heterocycles. The normalized spacial score (nSPS) is 9.69. The fourth-order valence-electron chi connectivity index (χ4n) is 1.22. The molecule has 0 aliphatic carbocycles. The van der Waals surface area contributed by atoms with Crippen molar-refractivity contribution in [1.82, 2.24) is 15.0 Å². The van der Waals surface area contributed by atoms with E-state index in [2.05, 4.69) is 15.0 Å². The molecule has 2 heterocycles. The fraction of sp³-hybridized carbons (Fsp3) is 0. The lowest BCUT2D eigenvalue weighted by Gasteiger charge is -2.00. The second kappa shape index (κ2) is 3.82. The highest BCUT2D eigenvalue weighted by Gasteiger charge is 2.05. The zero-order valence-corrected chi connectivity index (χ0v) is 8.01. The van der Waals surface area contributed by atoms with E-state index in [4.69, 9.17) is 10.4 Å². The molecule has 0 saturated heterocycles. The zero-order chi connectivity index (χ0) is 11.5. The second-order valence-corrected chi connectivity index (χ2v) is 2.98. The smallest absolute Gasteiger partial charge is 0.314 e. The molecule has 0 aliphatic heterocycles. The van der Waals surface area contributed by atoms with Crippen LogP contribution < -0.4 is 5.56 Å². The molecule has 78 valence electrons. The number of H-pyrrole nitrogens is 1. The quantitative estimate of drug-likeness (QED) is 0.715. The Morgan fingerprint density at radius 2 is 2.31 bits per heavy atom. The molecule has 0 unspecified atom stereocenters. The van der Waals surface area contributed by atoms with E-state index in [0.29, 0.717) is 11.3 Å². The van der Waals surface area contributed by atoms with E-state index >= 15 is 0 Å². The van der Waals surface area contributed by atoms with Crippen LogP contribution in [0.4, 0.5) is 0 Å². The van der Waals surface area contributed by atoms with E-state index in [1.54, 1.807) is 12.1 Å². The van der Waals surface area contributed by atoms with Crippen molar-refractivity contribution in [3.05, 3.63) is 40.4 Å². The van der Waals surface area contributed by atoms with Gasteiger partial charge in [-0.25, -0.2) is 4.98 Å². The summed E-state index contributed by atoms with van der Waals surface area (Å²) in [6.45, 7) is 0. The van der Waals surface area contributed by atoms with Crippen molar-refractivity contribution in [3.8, 4) is 23.3 Å². The van der Waals surface area contributed by atoms with Crippen molar-refractivity contribution in [2.24, 2.45) is 0 Å². The van der Waals surface area contributed by atoms with Crippen LogP contribution in [0, 0.1) is 11.3 Å². The average Bonchev–Trinajstić information content (AvgIpc) is 2.29. The van der Waals surface area contributed by atoms with Gasteiger partial charge in [0, 0.05) is 18.0 Å². The van der Waals surface area contributed by atoms with Crippen molar-refractivity contribution in [2.75, 3.05) is 0 Å². The van der Waals surface area contributed by atoms with E-state index in [1.807, 2.05) is 0 Å². The summed E-state index contributed by atoms with van der Waals surface area (Å²) in [5.41, 5.74) is 0.509. The maximum atomic E-state index is 11.1. The van der Waals surface area contributed by atoms with Gasteiger partial charge in [0.15, 0.2) is 0 Å². The molecule has 16 heavy (non-hydrogen) atoms. The molecule has 2 N–H and O–H groups in total. The number of nitriles is 1. The zero-order valence-electron chi connectivity index (χ0n) is 8.01. The number of nitrogens with one attached hydrogen (secondary N) is 1. The first-order valence-electron chi connectivity index (χ1n) is 4.36. The molecule has 6 nitrogen and oxygen atoms in total. The summed E-state index contributed by atoms with van der Waals surface area (Å²) in [5, 5.41) is 17.8. The van der Waals surface area contributed by atoms with Gasteiger partial charge in [-0.2, -0.15) is 10.2 Å². The highest BCUT2D eigenvalue weighted by Crippen LogP contribution is 2.16. The van der Waals surface area contributed by atoms with Gasteiger partial charge in [0.1, 0.15) is 11.6 Å². The van der Waals surface area contributed by atoms with E-state index in [-0.39, 0.29) is 11.6 Å². The van der Waals surface area contributed by atoms with Crippen molar-refractivity contribution >= 4 is 0 Å². The maximum absolute atomic E-state index is 11.1. The number of rotatable bonds is 1. The predicted molar refractivity (Wildman–Crippen MR) is 54.5 cm³/mol. The summed E-state index contributed by atoms with van der Waals surface area (Å²) in [6.07, 6.45) is 2.81. The minimum atomic E-state index is -0.454. The van der Waals surface area contributed by atoms with Gasteiger partial charge >= 0.3 is 6.01 Å². The van der Waals surface area contributed by atoms with Crippen LogP contribution in [0.1, 0.15) is 5.56 Å². The van der Waals surface area contributed by atoms with Crippen molar-refractivity contribution in [2.45, 2.75) is 0 Å². The topological polar surface area (TPSA) is 103 Å². The summed E-state index contributed by atoms with van der Waals surface area (Å²) in [4.78, 5) is 20.9. The summed E-state index contributed by atoms with van der Waals surface area (Å²) >= 11 is 0. The highest BCUT2D eigenvalue weighted by atomic mass is 16.3. The number of hydrogen-bond acceptors (Lipinski definition) is 5. The Balaban J connectivity index is 2.58. The molecule has 0 bridgehead atoms. The standard InChI is InChI=1S/C10H6N4O2/c11-4-6-3-7(5-13-9(6)15)8-1-2-12-10(16)14-8/h1-3,5H,(H,13,15)(H,12,14,16). The van der Waals surface area contributed by atoms with Gasteiger partial charge in [-0.05, 0) is 12.1 Å². The largest absolute Gasteiger partial charge is 0.479 e. The Labute approximate surface area is 89.9 Å². The van der Waals surface area contributed by atoms with Gasteiger partial charge in [-0.15, -0.1) is 0 Å². The number of hydrogen-bond donors (Lipinski definition) is 2. The fourth-order valence-corrected chi connectivity index (χ4v) is 1.22. The van der Waals surface area contributed by atoms with Crippen LogP contribution in [0.15, 0.2) is 29.3 Å². The van der Waals surface area contributed by atoms with Crippen LogP contribution in [0.25, 0.3) is 11.3 Å². The van der Waals surface area contributed by atoms with Gasteiger partial charge in [-0.1, -0.05) is 0 Å². The first kappa shape index (κ1) is 9.86. The molecular weight excluding hydrogens is 208 g/mol. The second-order valence-electron chi connectivity index (χ2n) is 2.98. The van der Waals surface area contributed by atoms with Crippen molar-refractivity contribution < 1.29 is 5.11 Å². The van der Waals surface area contributed by atoms with Gasteiger partial charge in [0.05, 0.1) is 5.69 Å². The molecule has 0 atom stereocenters. The van der Waals surface area contributed by atoms with Crippen LogP contribution in [-0.2, 0) is 0 Å². The number of nitrogens with zero attached hydrogens (tertiary/aromatic N) is 3. The third-order valence-electron chi connectivity index (χ3n) is 1.96. The first-order chi connectivity index (χ1) is 7.70. The lowest BCUT2D eigenvalue weighted by atomic mass is 10.1. The minimum Gasteiger partial charge on any atom is -0.479 e. The van der Waals surface area contributed by atoms with Crippen molar-refractivity contribution in [3.63, 3.8) is 0 Å². The summed E-state index contributed by atoms with van der Waals surface area (Å²) in [7, 11) is 0. The minimum absolute atomic E-state index is 0.00407. The Hall–Kier alpha value is -2.68. The van der Waals surface area contributed by atoms with Crippen LogP contribution >= 0.6 is 0 Å². The van der Waals surface area contributed by atoms with E-state index < -0.39 is 5.56 Å². The maximum Gasteiger partial charge on any atom is 0.314 e. The molecule has 0 aliphatic rings. The third-order valence-corrected chi connectivity index (χ3v) is 1.96. The lowest BCUT2D eigenvalue weighted by molar-refractivity contribution is 0.431. The lowest BCUT2D eigenvalue weighted by Crippen LogP contribution is -2.09. The van der Waals surface area contributed by atoms with Crippen LogP contribution in [0.5, 0.6) is 6.01 Å². The number of aromatic amines is 1. The average molecular weight is 214 g/mol. The molecule has 0 amide bonds. The Morgan fingerprint density at radius 1 is 1.50 bits per heavy atom. The number of pyridine rings is 1. The van der Waals surface area contributed by atoms with Gasteiger partial charge in [0.25, 0.3) is 5.56 Å². The van der Waals surface area contributed by atoms with E-state index in [0.717, 1.165) is 0 Å². The van der Waals surface area contributed by atoms with Gasteiger partial charge < -0.3 is 10.1 Å². The molecule has 6 heteroatoms. The number of aromatic hydroxyl groups is 1. The monoisotopic (exact) mass is 214 g/mol. The SMILES string of the molecule is N#Cc1cc(-c2ccnc(O)n2)c[nH]c1=O. The first-order valence-corrected chi connectivity index (χ1v) is 4.36. The predicted octanol–water partition coefficient (Wildman–Crippen LogP) is 0.409. The Morgan fingerprint density at radius 3 is 3.00 bits per heavy atom. The molecule has 0 saturated carbocycles. The van der Waals surface area contributed by atoms with Gasteiger partial charge in [-0.3, -0.25) is 4.79 Å². The Bertz CT molecular complexity index is 627. The molecule has 0 aromatic carbocycles. The molecule has 2 rings (SSSR count).